The van der Waals surface area contributed by atoms with Gasteiger partial charge in [-0.1, -0.05) is 24.3 Å². The Morgan fingerprint density at radius 2 is 1.37 bits per heavy atom. The Bertz CT molecular complexity index is 1790. The Morgan fingerprint density at radius 1 is 0.788 bits per heavy atom. The average molecular weight is 728 g/mol. The molecule has 52 heavy (non-hydrogen) atoms. The van der Waals surface area contributed by atoms with Crippen molar-refractivity contribution >= 4 is 29.9 Å². The number of benzene rings is 2. The van der Waals surface area contributed by atoms with E-state index in [9.17, 15) is 19.2 Å². The molecule has 3 aromatic rings. The van der Waals surface area contributed by atoms with E-state index in [0.29, 0.717) is 4.90 Å². The van der Waals surface area contributed by atoms with Crippen molar-refractivity contribution in [2.45, 2.75) is 116 Å². The van der Waals surface area contributed by atoms with Gasteiger partial charge in [-0.15, -0.1) is 0 Å². The van der Waals surface area contributed by atoms with Crippen LogP contribution in [-0.4, -0.2) is 62.9 Å². The number of aromatic nitrogens is 2. The molecule has 0 radical (unpaired) electrons. The fourth-order valence-corrected chi connectivity index (χ4v) is 5.27. The SMILES string of the molecule is CC(C)(C)OC(=O)c1ccc(-c2nc([C@H]3CCC(OC(=O)c4ccccc4)C(F)(F)C3)cnc2N(C(=O)OC(C)(C)C)C(=O)OC(C)(C)C)cc1F. The zero-order valence-corrected chi connectivity index (χ0v) is 30.7. The number of ether oxygens (including phenoxy) is 4. The van der Waals surface area contributed by atoms with Crippen molar-refractivity contribution in [3.63, 3.8) is 0 Å². The largest absolute Gasteiger partial charge is 0.456 e. The van der Waals surface area contributed by atoms with Gasteiger partial charge in [-0.2, -0.15) is 4.90 Å². The van der Waals surface area contributed by atoms with Crippen LogP contribution in [0.3, 0.4) is 0 Å². The molecule has 2 aromatic carbocycles. The number of carbonyl (C=O) groups excluding carboxylic acids is 4. The van der Waals surface area contributed by atoms with Crippen LogP contribution in [0.1, 0.15) is 114 Å². The van der Waals surface area contributed by atoms with Crippen molar-refractivity contribution in [3.05, 3.63) is 77.4 Å². The summed E-state index contributed by atoms with van der Waals surface area (Å²) in [5.74, 6) is -7.66. The number of carbonyl (C=O) groups is 4. The third kappa shape index (κ3) is 10.3. The molecule has 0 aliphatic heterocycles. The van der Waals surface area contributed by atoms with Crippen molar-refractivity contribution in [1.82, 2.24) is 9.97 Å². The first-order chi connectivity index (χ1) is 23.9. The molecular formula is C38H44F3N3O8. The van der Waals surface area contributed by atoms with E-state index >= 15 is 13.2 Å². The minimum atomic E-state index is -3.46. The van der Waals surface area contributed by atoms with E-state index in [4.69, 9.17) is 18.9 Å². The van der Waals surface area contributed by atoms with Crippen LogP contribution in [0.4, 0.5) is 28.6 Å². The molecule has 1 saturated carbocycles. The number of hydrogen-bond acceptors (Lipinski definition) is 10. The molecule has 14 heteroatoms. The Kier molecular flexibility index (Phi) is 11.4. The van der Waals surface area contributed by atoms with E-state index < -0.39 is 82.5 Å². The van der Waals surface area contributed by atoms with E-state index in [2.05, 4.69) is 9.97 Å². The smallest absolute Gasteiger partial charge is 0.425 e. The maximum Gasteiger partial charge on any atom is 0.425 e. The highest BCUT2D eigenvalue weighted by Crippen LogP contribution is 2.44. The van der Waals surface area contributed by atoms with Crippen molar-refractivity contribution in [2.75, 3.05) is 4.90 Å². The molecular weight excluding hydrogens is 683 g/mol. The molecule has 1 aliphatic rings. The second kappa shape index (κ2) is 14.9. The topological polar surface area (TPSA) is 134 Å². The lowest BCUT2D eigenvalue weighted by molar-refractivity contribution is -0.140. The molecule has 0 N–H and O–H groups in total. The van der Waals surface area contributed by atoms with E-state index in [-0.39, 0.29) is 35.4 Å². The average Bonchev–Trinajstić information content (AvgIpc) is 2.99. The number of hydrogen-bond donors (Lipinski definition) is 0. The summed E-state index contributed by atoms with van der Waals surface area (Å²) in [6.45, 7) is 14.3. The van der Waals surface area contributed by atoms with Crippen molar-refractivity contribution in [1.29, 1.82) is 0 Å². The summed E-state index contributed by atoms with van der Waals surface area (Å²) in [7, 11) is 0. The monoisotopic (exact) mass is 727 g/mol. The van der Waals surface area contributed by atoms with Gasteiger partial charge in [-0.3, -0.25) is 0 Å². The predicted molar refractivity (Wildman–Crippen MR) is 185 cm³/mol. The van der Waals surface area contributed by atoms with Gasteiger partial charge in [0.15, 0.2) is 11.9 Å². The van der Waals surface area contributed by atoms with Crippen LogP contribution in [0.2, 0.25) is 0 Å². The molecule has 0 saturated heterocycles. The number of halogens is 3. The molecule has 2 atom stereocenters. The number of imide groups is 1. The van der Waals surface area contributed by atoms with E-state index in [1.165, 1.54) is 18.2 Å². The number of amides is 2. The van der Waals surface area contributed by atoms with Gasteiger partial charge >= 0.3 is 24.1 Å². The summed E-state index contributed by atoms with van der Waals surface area (Å²) >= 11 is 0. The fraction of sp³-hybridized carbons (Fsp3) is 0.474. The highest BCUT2D eigenvalue weighted by Gasteiger charge is 2.49. The first kappa shape index (κ1) is 39.8. The maximum absolute atomic E-state index is 15.6. The lowest BCUT2D eigenvalue weighted by atomic mass is 9.82. The minimum absolute atomic E-state index is 0.0382. The second-order valence-corrected chi connectivity index (χ2v) is 15.5. The van der Waals surface area contributed by atoms with Crippen molar-refractivity contribution < 1.29 is 51.3 Å². The van der Waals surface area contributed by atoms with Crippen molar-refractivity contribution in [3.8, 4) is 11.3 Å². The quantitative estimate of drug-likeness (QED) is 0.179. The fourth-order valence-electron chi connectivity index (χ4n) is 5.27. The first-order valence-corrected chi connectivity index (χ1v) is 16.7. The van der Waals surface area contributed by atoms with Gasteiger partial charge in [-0.05, 0) is 99.4 Å². The van der Waals surface area contributed by atoms with Gasteiger partial charge in [0.25, 0.3) is 5.92 Å². The number of anilines is 1. The zero-order chi connectivity index (χ0) is 38.8. The summed E-state index contributed by atoms with van der Waals surface area (Å²) in [5.41, 5.74) is -3.62. The Labute approximate surface area is 300 Å². The van der Waals surface area contributed by atoms with E-state index in [1.807, 2.05) is 0 Å². The number of esters is 2. The van der Waals surface area contributed by atoms with Gasteiger partial charge in [0, 0.05) is 17.9 Å². The third-order valence-corrected chi connectivity index (χ3v) is 7.44. The molecule has 0 spiro atoms. The van der Waals surface area contributed by atoms with Crippen LogP contribution in [0.15, 0.2) is 54.7 Å². The van der Waals surface area contributed by atoms with Crippen LogP contribution in [0.25, 0.3) is 11.3 Å². The zero-order valence-electron chi connectivity index (χ0n) is 30.7. The van der Waals surface area contributed by atoms with Gasteiger partial charge < -0.3 is 18.9 Å². The first-order valence-electron chi connectivity index (χ1n) is 16.7. The Hall–Kier alpha value is -5.01. The van der Waals surface area contributed by atoms with Crippen LogP contribution >= 0.6 is 0 Å². The van der Waals surface area contributed by atoms with Crippen LogP contribution in [-0.2, 0) is 18.9 Å². The van der Waals surface area contributed by atoms with Gasteiger partial charge in [0.05, 0.1) is 23.0 Å². The normalized spacial score (nSPS) is 17.5. The Morgan fingerprint density at radius 3 is 1.88 bits per heavy atom. The molecule has 1 unspecified atom stereocenters. The molecule has 1 aliphatic carbocycles. The van der Waals surface area contributed by atoms with Crippen molar-refractivity contribution in [2.24, 2.45) is 0 Å². The summed E-state index contributed by atoms with van der Waals surface area (Å²) in [4.78, 5) is 61.9. The molecule has 1 aromatic heterocycles. The maximum atomic E-state index is 15.6. The molecule has 2 amide bonds. The van der Waals surface area contributed by atoms with E-state index in [0.717, 1.165) is 18.3 Å². The number of rotatable bonds is 6. The molecule has 0 bridgehead atoms. The van der Waals surface area contributed by atoms with Gasteiger partial charge in [0.2, 0.25) is 0 Å². The lowest BCUT2D eigenvalue weighted by Gasteiger charge is -2.35. The molecule has 280 valence electrons. The Balaban J connectivity index is 1.79. The molecule has 11 nitrogen and oxygen atoms in total. The molecule has 1 heterocycles. The predicted octanol–water partition coefficient (Wildman–Crippen LogP) is 9.04. The summed E-state index contributed by atoms with van der Waals surface area (Å²) in [5, 5.41) is 0. The van der Waals surface area contributed by atoms with Crippen LogP contribution < -0.4 is 4.90 Å². The minimum Gasteiger partial charge on any atom is -0.456 e. The van der Waals surface area contributed by atoms with Gasteiger partial charge in [0.1, 0.15) is 28.3 Å². The molecule has 4 rings (SSSR count). The summed E-state index contributed by atoms with van der Waals surface area (Å²) in [6, 6.07) is 11.2. The van der Waals surface area contributed by atoms with Gasteiger partial charge in [-0.25, -0.2) is 42.3 Å². The highest BCUT2D eigenvalue weighted by atomic mass is 19.3. The summed E-state index contributed by atoms with van der Waals surface area (Å²) in [6.07, 6.45) is -3.83. The van der Waals surface area contributed by atoms with Crippen LogP contribution in [0.5, 0.6) is 0 Å². The lowest BCUT2D eigenvalue weighted by Crippen LogP contribution is -2.44. The summed E-state index contributed by atoms with van der Waals surface area (Å²) < 4.78 is 68.3. The third-order valence-electron chi connectivity index (χ3n) is 7.44. The van der Waals surface area contributed by atoms with Crippen LogP contribution in [0, 0.1) is 5.82 Å². The molecule has 1 fully saturated rings. The number of nitrogens with zero attached hydrogens (tertiary/aromatic N) is 3. The highest BCUT2D eigenvalue weighted by molar-refractivity contribution is 6.10. The van der Waals surface area contributed by atoms with E-state index in [1.54, 1.807) is 80.5 Å². The standard InChI is InChI=1S/C38H44F3N3O8/c1-35(2,3)50-32(46)25-17-15-23(19-26(25)39)29-30(44(33(47)51-36(4,5)6)34(48)52-37(7,8)9)42-21-27(43-29)24-16-18-28(38(40,41)20-24)49-31(45)22-13-11-10-12-14-22/h10-15,17,19,21,24,28H,16,18,20H2,1-9H3/t24-,28?/m0/s1. The number of alkyl halides is 2. The second-order valence-electron chi connectivity index (χ2n) is 15.5.